The first-order valence-corrected chi connectivity index (χ1v) is 6.98. The van der Waals surface area contributed by atoms with E-state index < -0.39 is 6.04 Å². The van der Waals surface area contributed by atoms with Gasteiger partial charge in [0.15, 0.2) is 0 Å². The zero-order chi connectivity index (χ0) is 15.8. The Bertz CT molecular complexity index is 443. The van der Waals surface area contributed by atoms with E-state index in [-0.39, 0.29) is 23.8 Å². The van der Waals surface area contributed by atoms with Gasteiger partial charge in [0.2, 0.25) is 11.9 Å². The van der Waals surface area contributed by atoms with Crippen LogP contribution in [0.15, 0.2) is 0 Å². The number of anilines is 2. The number of hydrogen-bond donors (Lipinski definition) is 2. The Balaban J connectivity index is 3.00. The Hall–Kier alpha value is -2.12. The molecular formula is C13H23N5O3. The molecule has 0 spiro atoms. The lowest BCUT2D eigenvalue weighted by molar-refractivity contribution is -0.142. The SMILES string of the molecule is CCNc1nc(NC(C(=O)OC)C(C)C)nc(OCC)n1. The second-order valence-corrected chi connectivity index (χ2v) is 4.62. The van der Waals surface area contributed by atoms with E-state index in [0.29, 0.717) is 19.1 Å². The highest BCUT2D eigenvalue weighted by atomic mass is 16.5. The lowest BCUT2D eigenvalue weighted by Gasteiger charge is -2.20. The predicted octanol–water partition coefficient (Wildman–Crippen LogP) is 1.31. The van der Waals surface area contributed by atoms with E-state index >= 15 is 0 Å². The van der Waals surface area contributed by atoms with Crippen molar-refractivity contribution in [3.8, 4) is 6.01 Å². The second kappa shape index (κ2) is 8.23. The summed E-state index contributed by atoms with van der Waals surface area (Å²) in [5.41, 5.74) is 0. The number of hydrogen-bond acceptors (Lipinski definition) is 8. The molecule has 0 fully saturated rings. The van der Waals surface area contributed by atoms with Gasteiger partial charge in [-0.2, -0.15) is 15.0 Å². The predicted molar refractivity (Wildman–Crippen MR) is 79.4 cm³/mol. The van der Waals surface area contributed by atoms with Crippen LogP contribution in [-0.4, -0.2) is 47.2 Å². The number of nitrogens with zero attached hydrogens (tertiary/aromatic N) is 3. The summed E-state index contributed by atoms with van der Waals surface area (Å²) in [7, 11) is 1.35. The molecule has 21 heavy (non-hydrogen) atoms. The first-order chi connectivity index (χ1) is 10.0. The fourth-order valence-corrected chi connectivity index (χ4v) is 1.62. The Morgan fingerprint density at radius 2 is 1.86 bits per heavy atom. The maximum Gasteiger partial charge on any atom is 0.328 e. The summed E-state index contributed by atoms with van der Waals surface area (Å²) < 4.78 is 10.1. The molecule has 0 radical (unpaired) electrons. The topological polar surface area (TPSA) is 98.3 Å². The van der Waals surface area contributed by atoms with Crippen LogP contribution in [0.4, 0.5) is 11.9 Å². The zero-order valence-electron chi connectivity index (χ0n) is 13.1. The first-order valence-electron chi connectivity index (χ1n) is 6.98. The van der Waals surface area contributed by atoms with Gasteiger partial charge in [-0.15, -0.1) is 0 Å². The van der Waals surface area contributed by atoms with Gasteiger partial charge >= 0.3 is 12.0 Å². The summed E-state index contributed by atoms with van der Waals surface area (Å²) in [5, 5.41) is 5.96. The van der Waals surface area contributed by atoms with Crippen molar-refractivity contribution in [2.24, 2.45) is 5.92 Å². The van der Waals surface area contributed by atoms with Gasteiger partial charge in [0.05, 0.1) is 13.7 Å². The number of aromatic nitrogens is 3. The van der Waals surface area contributed by atoms with E-state index in [4.69, 9.17) is 9.47 Å². The normalized spacial score (nSPS) is 11.9. The van der Waals surface area contributed by atoms with Crippen LogP contribution >= 0.6 is 0 Å². The highest BCUT2D eigenvalue weighted by Crippen LogP contribution is 2.15. The van der Waals surface area contributed by atoms with E-state index in [1.165, 1.54) is 7.11 Å². The molecule has 8 nitrogen and oxygen atoms in total. The largest absolute Gasteiger partial charge is 0.467 e. The number of nitrogens with one attached hydrogen (secondary N) is 2. The fraction of sp³-hybridized carbons (Fsp3) is 0.692. The average molecular weight is 297 g/mol. The summed E-state index contributed by atoms with van der Waals surface area (Å²) in [6, 6.07) is -0.334. The van der Waals surface area contributed by atoms with Gasteiger partial charge in [-0.3, -0.25) is 0 Å². The Morgan fingerprint density at radius 1 is 1.19 bits per heavy atom. The molecule has 0 amide bonds. The van der Waals surface area contributed by atoms with E-state index in [2.05, 4.69) is 25.6 Å². The van der Waals surface area contributed by atoms with Crippen molar-refractivity contribution in [3.05, 3.63) is 0 Å². The number of carbonyl (C=O) groups is 1. The van der Waals surface area contributed by atoms with Crippen LogP contribution < -0.4 is 15.4 Å². The Morgan fingerprint density at radius 3 is 2.38 bits per heavy atom. The molecule has 1 heterocycles. The highest BCUT2D eigenvalue weighted by molar-refractivity contribution is 5.78. The monoisotopic (exact) mass is 297 g/mol. The summed E-state index contributed by atoms with van der Waals surface area (Å²) in [6.07, 6.45) is 0. The molecule has 1 aromatic heterocycles. The van der Waals surface area contributed by atoms with Crippen LogP contribution in [-0.2, 0) is 9.53 Å². The zero-order valence-corrected chi connectivity index (χ0v) is 13.1. The third-order valence-electron chi connectivity index (χ3n) is 2.63. The van der Waals surface area contributed by atoms with Crippen molar-refractivity contribution in [2.75, 3.05) is 30.9 Å². The van der Waals surface area contributed by atoms with Gasteiger partial charge in [-0.25, -0.2) is 4.79 Å². The molecule has 1 atom stereocenters. The number of ether oxygens (including phenoxy) is 2. The van der Waals surface area contributed by atoms with Gasteiger partial charge in [-0.05, 0) is 19.8 Å². The van der Waals surface area contributed by atoms with Gasteiger partial charge in [0.25, 0.3) is 0 Å². The Kier molecular flexibility index (Phi) is 6.64. The molecule has 0 saturated heterocycles. The maximum atomic E-state index is 11.8. The number of methoxy groups -OCH3 is 1. The van der Waals surface area contributed by atoms with E-state index in [9.17, 15) is 4.79 Å². The van der Waals surface area contributed by atoms with Crippen molar-refractivity contribution in [3.63, 3.8) is 0 Å². The van der Waals surface area contributed by atoms with Crippen LogP contribution in [0.2, 0.25) is 0 Å². The highest BCUT2D eigenvalue weighted by Gasteiger charge is 2.24. The summed E-state index contributed by atoms with van der Waals surface area (Å²) >= 11 is 0. The molecular weight excluding hydrogens is 274 g/mol. The third kappa shape index (κ3) is 5.05. The van der Waals surface area contributed by atoms with Crippen LogP contribution in [0.1, 0.15) is 27.7 Å². The van der Waals surface area contributed by atoms with Crippen molar-refractivity contribution < 1.29 is 14.3 Å². The lowest BCUT2D eigenvalue weighted by Crippen LogP contribution is -2.36. The van der Waals surface area contributed by atoms with E-state index in [1.807, 2.05) is 27.7 Å². The fourth-order valence-electron chi connectivity index (χ4n) is 1.62. The van der Waals surface area contributed by atoms with Gasteiger partial charge in [0.1, 0.15) is 6.04 Å². The minimum atomic E-state index is -0.540. The van der Waals surface area contributed by atoms with Crippen LogP contribution in [0, 0.1) is 5.92 Å². The molecule has 1 aromatic rings. The summed E-state index contributed by atoms with van der Waals surface area (Å²) in [6.45, 7) is 8.70. The van der Waals surface area contributed by atoms with Gasteiger partial charge in [-0.1, -0.05) is 13.8 Å². The number of rotatable bonds is 8. The second-order valence-electron chi connectivity index (χ2n) is 4.62. The summed E-state index contributed by atoms with van der Waals surface area (Å²) in [4.78, 5) is 24.2. The molecule has 1 rings (SSSR count). The third-order valence-corrected chi connectivity index (χ3v) is 2.63. The summed E-state index contributed by atoms with van der Waals surface area (Å²) in [5.74, 6) is 0.319. The number of esters is 1. The van der Waals surface area contributed by atoms with Crippen molar-refractivity contribution in [1.29, 1.82) is 0 Å². The van der Waals surface area contributed by atoms with Crippen LogP contribution in [0.3, 0.4) is 0 Å². The molecule has 8 heteroatoms. The molecule has 2 N–H and O–H groups in total. The smallest absolute Gasteiger partial charge is 0.328 e. The maximum absolute atomic E-state index is 11.8. The van der Waals surface area contributed by atoms with Gasteiger partial charge < -0.3 is 20.1 Å². The molecule has 118 valence electrons. The minimum Gasteiger partial charge on any atom is -0.467 e. The minimum absolute atomic E-state index is 0.0207. The molecule has 0 aliphatic carbocycles. The number of carbonyl (C=O) groups excluding carboxylic acids is 1. The first kappa shape index (κ1) is 16.9. The van der Waals surface area contributed by atoms with Crippen molar-refractivity contribution in [2.45, 2.75) is 33.7 Å². The molecule has 0 aliphatic heterocycles. The molecule has 0 aliphatic rings. The molecule has 0 saturated carbocycles. The van der Waals surface area contributed by atoms with Gasteiger partial charge in [0, 0.05) is 6.54 Å². The van der Waals surface area contributed by atoms with E-state index in [0.717, 1.165) is 0 Å². The van der Waals surface area contributed by atoms with E-state index in [1.54, 1.807) is 0 Å². The average Bonchev–Trinajstić information content (AvgIpc) is 2.44. The van der Waals surface area contributed by atoms with Crippen molar-refractivity contribution >= 4 is 17.9 Å². The van der Waals surface area contributed by atoms with Crippen molar-refractivity contribution in [1.82, 2.24) is 15.0 Å². The van der Waals surface area contributed by atoms with Crippen LogP contribution in [0.5, 0.6) is 6.01 Å². The lowest BCUT2D eigenvalue weighted by atomic mass is 10.1. The molecule has 0 bridgehead atoms. The quantitative estimate of drug-likeness (QED) is 0.693. The molecule has 0 aromatic carbocycles. The standard InChI is InChI=1S/C13H23N5O3/c1-6-14-11-16-12(18-13(17-11)21-7-2)15-9(8(3)4)10(19)20-5/h8-9H,6-7H2,1-5H3,(H2,14,15,16,17,18). The van der Waals surface area contributed by atoms with Crippen LogP contribution in [0.25, 0.3) is 0 Å². The Labute approximate surface area is 124 Å². The molecule has 1 unspecified atom stereocenters.